The Morgan fingerprint density at radius 3 is 2.62 bits per heavy atom. The number of hydrogen-bond donors (Lipinski definition) is 1. The molecule has 13 heavy (non-hydrogen) atoms. The van der Waals surface area contributed by atoms with Crippen LogP contribution >= 0.6 is 15.9 Å². The summed E-state index contributed by atoms with van der Waals surface area (Å²) in [6.45, 7) is 8.76. The quantitative estimate of drug-likeness (QED) is 0.850. The maximum Gasteiger partial charge on any atom is 0.0460 e. The molecular formula is C11H14BrN. The van der Waals surface area contributed by atoms with Gasteiger partial charge in [-0.1, -0.05) is 28.6 Å². The average molecular weight is 240 g/mol. The highest BCUT2D eigenvalue weighted by atomic mass is 79.9. The first-order valence-corrected chi connectivity index (χ1v) is 5.03. The maximum absolute atomic E-state index is 3.76. The van der Waals surface area contributed by atoms with Crippen LogP contribution in [0.4, 0.5) is 5.69 Å². The third kappa shape index (κ3) is 3.23. The number of nitrogens with one attached hydrogen (secondary N) is 1. The molecule has 1 nitrogen and oxygen atoms in total. The summed E-state index contributed by atoms with van der Waals surface area (Å²) < 4.78 is 0.964. The molecule has 1 aromatic rings. The van der Waals surface area contributed by atoms with Crippen molar-refractivity contribution in [1.82, 2.24) is 0 Å². The minimum Gasteiger partial charge on any atom is -0.380 e. The maximum atomic E-state index is 3.76. The minimum absolute atomic E-state index is 0.766. The number of aryl methyl sites for hydroxylation is 2. The number of hydrogen-bond acceptors (Lipinski definition) is 1. The van der Waals surface area contributed by atoms with Crippen LogP contribution in [0.25, 0.3) is 0 Å². The Bertz CT molecular complexity index is 318. The average Bonchev–Trinajstić information content (AvgIpc) is 2.07. The summed E-state index contributed by atoms with van der Waals surface area (Å²) in [6, 6.07) is 6.35. The second-order valence-electron chi connectivity index (χ2n) is 3.17. The summed E-state index contributed by atoms with van der Waals surface area (Å²) in [4.78, 5) is 0. The molecule has 1 rings (SSSR count). The first-order chi connectivity index (χ1) is 6.09. The van der Waals surface area contributed by atoms with Gasteiger partial charge in [0.1, 0.15) is 0 Å². The summed E-state index contributed by atoms with van der Waals surface area (Å²) in [6.07, 6.45) is 0. The molecular weight excluding hydrogens is 226 g/mol. The molecule has 0 bridgehead atoms. The van der Waals surface area contributed by atoms with E-state index < -0.39 is 0 Å². The number of benzene rings is 1. The fraction of sp³-hybridized carbons (Fsp3) is 0.273. The molecule has 0 saturated heterocycles. The highest BCUT2D eigenvalue weighted by Gasteiger charge is 1.95. The van der Waals surface area contributed by atoms with Crippen molar-refractivity contribution in [1.29, 1.82) is 0 Å². The van der Waals surface area contributed by atoms with Gasteiger partial charge in [0.25, 0.3) is 0 Å². The highest BCUT2D eigenvalue weighted by molar-refractivity contribution is 9.11. The molecule has 70 valence electrons. The molecule has 1 aromatic carbocycles. The van der Waals surface area contributed by atoms with Gasteiger partial charge >= 0.3 is 0 Å². The van der Waals surface area contributed by atoms with Crippen molar-refractivity contribution in [2.45, 2.75) is 13.8 Å². The van der Waals surface area contributed by atoms with E-state index in [2.05, 4.69) is 59.9 Å². The number of rotatable bonds is 3. The second kappa shape index (κ2) is 4.47. The Morgan fingerprint density at radius 2 is 2.08 bits per heavy atom. The van der Waals surface area contributed by atoms with E-state index in [0.717, 1.165) is 16.7 Å². The van der Waals surface area contributed by atoms with E-state index in [1.54, 1.807) is 0 Å². The van der Waals surface area contributed by atoms with E-state index in [9.17, 15) is 0 Å². The Labute approximate surface area is 88.0 Å². The standard InChI is InChI=1S/C11H14BrN/c1-8-4-5-11(6-9(8)2)13-7-10(3)12/h4-6,13H,3,7H2,1-2H3. The zero-order valence-corrected chi connectivity index (χ0v) is 9.61. The van der Waals surface area contributed by atoms with Gasteiger partial charge in [0.2, 0.25) is 0 Å². The second-order valence-corrected chi connectivity index (χ2v) is 4.29. The molecule has 0 atom stereocenters. The van der Waals surface area contributed by atoms with Gasteiger partial charge in [0.15, 0.2) is 0 Å². The van der Waals surface area contributed by atoms with Gasteiger partial charge in [-0.15, -0.1) is 0 Å². The molecule has 1 N–H and O–H groups in total. The van der Waals surface area contributed by atoms with Crippen LogP contribution in [0.2, 0.25) is 0 Å². The predicted molar refractivity (Wildman–Crippen MR) is 62.5 cm³/mol. The Kier molecular flexibility index (Phi) is 3.55. The van der Waals surface area contributed by atoms with Gasteiger partial charge in [-0.05, 0) is 37.1 Å². The highest BCUT2D eigenvalue weighted by Crippen LogP contribution is 2.14. The van der Waals surface area contributed by atoms with Crippen LogP contribution in [0.1, 0.15) is 11.1 Å². The smallest absolute Gasteiger partial charge is 0.0460 e. The summed E-state index contributed by atoms with van der Waals surface area (Å²) in [7, 11) is 0. The van der Waals surface area contributed by atoms with Crippen LogP contribution in [0, 0.1) is 13.8 Å². The summed E-state index contributed by atoms with van der Waals surface area (Å²) in [5.41, 5.74) is 3.78. The third-order valence-electron chi connectivity index (χ3n) is 1.99. The molecule has 0 aliphatic heterocycles. The monoisotopic (exact) mass is 239 g/mol. The SMILES string of the molecule is C=C(Br)CNc1ccc(C)c(C)c1. The van der Waals surface area contributed by atoms with E-state index >= 15 is 0 Å². The van der Waals surface area contributed by atoms with Gasteiger partial charge in [-0.3, -0.25) is 0 Å². The van der Waals surface area contributed by atoms with Gasteiger partial charge in [-0.2, -0.15) is 0 Å². The minimum atomic E-state index is 0.766. The molecule has 0 spiro atoms. The van der Waals surface area contributed by atoms with Gasteiger partial charge in [0.05, 0.1) is 0 Å². The van der Waals surface area contributed by atoms with Crippen molar-refractivity contribution in [3.05, 3.63) is 40.4 Å². The van der Waals surface area contributed by atoms with Crippen molar-refractivity contribution in [2.75, 3.05) is 11.9 Å². The van der Waals surface area contributed by atoms with Crippen LogP contribution < -0.4 is 5.32 Å². The Hall–Kier alpha value is -0.760. The zero-order chi connectivity index (χ0) is 9.84. The van der Waals surface area contributed by atoms with Crippen molar-refractivity contribution in [2.24, 2.45) is 0 Å². The molecule has 0 radical (unpaired) electrons. The summed E-state index contributed by atoms with van der Waals surface area (Å²) in [5, 5.41) is 3.27. The van der Waals surface area contributed by atoms with Gasteiger partial charge in [0, 0.05) is 16.7 Å². The Morgan fingerprint density at radius 1 is 1.38 bits per heavy atom. The molecule has 0 fully saturated rings. The molecule has 0 aliphatic carbocycles. The molecule has 0 heterocycles. The number of anilines is 1. The summed E-state index contributed by atoms with van der Waals surface area (Å²) >= 11 is 3.31. The first-order valence-electron chi connectivity index (χ1n) is 4.24. The Balaban J connectivity index is 2.68. The van der Waals surface area contributed by atoms with Gasteiger partial charge in [-0.25, -0.2) is 0 Å². The largest absolute Gasteiger partial charge is 0.380 e. The van der Waals surface area contributed by atoms with Crippen LogP contribution in [0.15, 0.2) is 29.3 Å². The van der Waals surface area contributed by atoms with E-state index in [-0.39, 0.29) is 0 Å². The van der Waals surface area contributed by atoms with Crippen LogP contribution in [0.5, 0.6) is 0 Å². The lowest BCUT2D eigenvalue weighted by molar-refractivity contribution is 1.28. The van der Waals surface area contributed by atoms with Crippen molar-refractivity contribution >= 4 is 21.6 Å². The van der Waals surface area contributed by atoms with E-state index in [0.29, 0.717) is 0 Å². The van der Waals surface area contributed by atoms with Gasteiger partial charge < -0.3 is 5.32 Å². The third-order valence-corrected chi connectivity index (χ3v) is 2.27. The van der Waals surface area contributed by atoms with E-state index in [1.165, 1.54) is 11.1 Å². The molecule has 0 saturated carbocycles. The molecule has 0 aliphatic rings. The van der Waals surface area contributed by atoms with Crippen molar-refractivity contribution in [3.63, 3.8) is 0 Å². The lowest BCUT2D eigenvalue weighted by Crippen LogP contribution is -2.00. The topological polar surface area (TPSA) is 12.0 Å². The summed E-state index contributed by atoms with van der Waals surface area (Å²) in [5.74, 6) is 0. The van der Waals surface area contributed by atoms with Crippen LogP contribution in [-0.2, 0) is 0 Å². The normalized spacial score (nSPS) is 9.77. The lowest BCUT2D eigenvalue weighted by Gasteiger charge is -2.07. The van der Waals surface area contributed by atoms with E-state index in [4.69, 9.17) is 0 Å². The predicted octanol–water partition coefficient (Wildman–Crippen LogP) is 3.62. The van der Waals surface area contributed by atoms with E-state index in [1.807, 2.05) is 0 Å². The molecule has 0 aromatic heterocycles. The number of halogens is 1. The van der Waals surface area contributed by atoms with Crippen LogP contribution in [-0.4, -0.2) is 6.54 Å². The molecule has 0 unspecified atom stereocenters. The molecule has 2 heteroatoms. The van der Waals surface area contributed by atoms with Crippen molar-refractivity contribution in [3.8, 4) is 0 Å². The fourth-order valence-corrected chi connectivity index (χ4v) is 1.19. The lowest BCUT2D eigenvalue weighted by atomic mass is 10.1. The van der Waals surface area contributed by atoms with Crippen LogP contribution in [0.3, 0.4) is 0 Å². The fourth-order valence-electron chi connectivity index (χ4n) is 1.05. The zero-order valence-electron chi connectivity index (χ0n) is 8.02. The molecule has 0 amide bonds. The van der Waals surface area contributed by atoms with Crippen molar-refractivity contribution < 1.29 is 0 Å². The first kappa shape index (κ1) is 10.3.